The number of ether oxygens (including phenoxy) is 2. The van der Waals surface area contributed by atoms with Gasteiger partial charge in [0, 0.05) is 21.2 Å². The maximum atomic E-state index is 12.3. The van der Waals surface area contributed by atoms with Gasteiger partial charge in [-0.3, -0.25) is 9.59 Å². The summed E-state index contributed by atoms with van der Waals surface area (Å²) in [4.78, 5) is 24.2. The Bertz CT molecular complexity index is 802. The van der Waals surface area contributed by atoms with Crippen LogP contribution in [0.2, 0.25) is 5.02 Å². The van der Waals surface area contributed by atoms with Gasteiger partial charge in [0.2, 0.25) is 0 Å². The van der Waals surface area contributed by atoms with E-state index in [1.54, 1.807) is 18.2 Å². The lowest BCUT2D eigenvalue weighted by Crippen LogP contribution is -2.21. The summed E-state index contributed by atoms with van der Waals surface area (Å²) >= 11 is 6.31. The van der Waals surface area contributed by atoms with Gasteiger partial charge in [0.15, 0.2) is 6.61 Å². The van der Waals surface area contributed by atoms with Gasteiger partial charge in [0.1, 0.15) is 5.75 Å². The van der Waals surface area contributed by atoms with Crippen molar-refractivity contribution in [3.8, 4) is 5.75 Å². The average Bonchev–Trinajstić information content (AvgIpc) is 2.61. The van der Waals surface area contributed by atoms with E-state index in [2.05, 4.69) is 5.32 Å². The van der Waals surface area contributed by atoms with Gasteiger partial charge in [-0.05, 0) is 42.5 Å². The van der Waals surface area contributed by atoms with Crippen LogP contribution >= 0.6 is 23.4 Å². The van der Waals surface area contributed by atoms with Crippen molar-refractivity contribution in [2.45, 2.75) is 17.1 Å². The van der Waals surface area contributed by atoms with Gasteiger partial charge in [-0.2, -0.15) is 8.78 Å². The third-order valence-electron chi connectivity index (χ3n) is 3.30. The molecule has 1 N–H and O–H groups in total. The minimum Gasteiger partial charge on any atom is -0.496 e. The number of amides is 1. The van der Waals surface area contributed by atoms with E-state index in [-0.39, 0.29) is 6.42 Å². The smallest absolute Gasteiger partial charge is 0.310 e. The van der Waals surface area contributed by atoms with Gasteiger partial charge >= 0.3 is 5.97 Å². The number of rotatable bonds is 8. The lowest BCUT2D eigenvalue weighted by atomic mass is 10.1. The van der Waals surface area contributed by atoms with E-state index < -0.39 is 24.2 Å². The fraction of sp³-hybridized carbons (Fsp3) is 0.222. The molecule has 0 saturated heterocycles. The Balaban J connectivity index is 1.83. The molecule has 0 aliphatic carbocycles. The summed E-state index contributed by atoms with van der Waals surface area (Å²) in [6.07, 6.45) is -0.101. The predicted octanol–water partition coefficient (Wildman–Crippen LogP) is 4.39. The first-order valence-electron chi connectivity index (χ1n) is 7.70. The average molecular weight is 416 g/mol. The second-order valence-electron chi connectivity index (χ2n) is 5.24. The molecule has 0 radical (unpaired) electrons. The molecule has 2 aromatic carbocycles. The van der Waals surface area contributed by atoms with Gasteiger partial charge in [0.25, 0.3) is 11.7 Å². The van der Waals surface area contributed by atoms with Crippen LogP contribution in [-0.2, 0) is 20.7 Å². The number of halogens is 3. The maximum absolute atomic E-state index is 12.3. The van der Waals surface area contributed by atoms with E-state index in [1.807, 2.05) is 0 Å². The first-order valence-corrected chi connectivity index (χ1v) is 8.96. The van der Waals surface area contributed by atoms with Crippen LogP contribution in [0.15, 0.2) is 47.4 Å². The van der Waals surface area contributed by atoms with Crippen molar-refractivity contribution in [3.63, 3.8) is 0 Å². The Morgan fingerprint density at radius 3 is 2.52 bits per heavy atom. The van der Waals surface area contributed by atoms with Crippen molar-refractivity contribution in [3.05, 3.63) is 53.1 Å². The molecule has 2 rings (SSSR count). The van der Waals surface area contributed by atoms with Gasteiger partial charge in [-0.25, -0.2) is 0 Å². The van der Waals surface area contributed by atoms with Crippen LogP contribution in [0.5, 0.6) is 5.75 Å². The molecule has 5 nitrogen and oxygen atoms in total. The number of carbonyl (C=O) groups is 2. The highest BCUT2D eigenvalue weighted by atomic mass is 35.5. The van der Waals surface area contributed by atoms with Gasteiger partial charge in [-0.15, -0.1) is 0 Å². The van der Waals surface area contributed by atoms with Crippen molar-refractivity contribution in [1.29, 1.82) is 0 Å². The Morgan fingerprint density at radius 2 is 1.89 bits per heavy atom. The van der Waals surface area contributed by atoms with E-state index in [9.17, 15) is 18.4 Å². The van der Waals surface area contributed by atoms with Gasteiger partial charge < -0.3 is 14.8 Å². The number of nitrogens with one attached hydrogen (secondary N) is 1. The van der Waals surface area contributed by atoms with Crippen LogP contribution in [0.25, 0.3) is 0 Å². The summed E-state index contributed by atoms with van der Waals surface area (Å²) < 4.78 is 34.6. The molecule has 0 bridgehead atoms. The normalized spacial score (nSPS) is 10.6. The van der Waals surface area contributed by atoms with E-state index in [0.717, 1.165) is 0 Å². The lowest BCUT2D eigenvalue weighted by molar-refractivity contribution is -0.146. The summed E-state index contributed by atoms with van der Waals surface area (Å²) in [6, 6.07) is 10.7. The van der Waals surface area contributed by atoms with Crippen molar-refractivity contribution in [2.24, 2.45) is 0 Å². The summed E-state index contributed by atoms with van der Waals surface area (Å²) in [5.74, 6) is -3.18. The van der Waals surface area contributed by atoms with Crippen LogP contribution in [0.4, 0.5) is 14.5 Å². The molecule has 0 fully saturated rings. The van der Waals surface area contributed by atoms with Crippen molar-refractivity contribution in [2.75, 3.05) is 19.0 Å². The van der Waals surface area contributed by atoms with Crippen LogP contribution in [0.1, 0.15) is 5.56 Å². The minimum absolute atomic E-state index is 0.101. The molecule has 0 aromatic heterocycles. The number of benzene rings is 2. The highest BCUT2D eigenvalue weighted by Gasteiger charge is 2.13. The number of esters is 1. The molecule has 27 heavy (non-hydrogen) atoms. The fourth-order valence-corrected chi connectivity index (χ4v) is 2.85. The Labute approximate surface area is 164 Å². The molecule has 0 atom stereocenters. The van der Waals surface area contributed by atoms with Gasteiger partial charge in [0.05, 0.1) is 13.5 Å². The highest BCUT2D eigenvalue weighted by Crippen LogP contribution is 2.26. The fourth-order valence-electron chi connectivity index (χ4n) is 2.15. The highest BCUT2D eigenvalue weighted by molar-refractivity contribution is 7.99. The number of anilines is 1. The second-order valence-corrected chi connectivity index (χ2v) is 6.74. The van der Waals surface area contributed by atoms with E-state index in [4.69, 9.17) is 21.1 Å². The molecule has 0 heterocycles. The molecule has 1 amide bonds. The number of alkyl halides is 2. The second kappa shape index (κ2) is 10.1. The summed E-state index contributed by atoms with van der Waals surface area (Å²) in [5.41, 5.74) is 0.953. The number of hydrogen-bond acceptors (Lipinski definition) is 5. The standard InChI is InChI=1S/C18H16ClF2NO4S/c1-25-15-7-2-12(19)8-11(15)9-17(24)26-10-16(23)22-13-3-5-14(6-4-13)27-18(20)21/h2-8,18H,9-10H2,1H3,(H,22,23). The molecule has 9 heteroatoms. The zero-order valence-electron chi connectivity index (χ0n) is 14.2. The van der Waals surface area contributed by atoms with Crippen molar-refractivity contribution in [1.82, 2.24) is 0 Å². The van der Waals surface area contributed by atoms with Gasteiger partial charge in [-0.1, -0.05) is 23.4 Å². The molecule has 0 unspecified atom stereocenters. The Kier molecular flexibility index (Phi) is 7.87. The Hall–Kier alpha value is -2.32. The molecular formula is C18H16ClF2NO4S. The molecule has 0 spiro atoms. The quantitative estimate of drug-likeness (QED) is 0.511. The molecule has 144 valence electrons. The van der Waals surface area contributed by atoms with Crippen LogP contribution in [0, 0.1) is 0 Å². The number of carbonyl (C=O) groups excluding carboxylic acids is 2. The third kappa shape index (κ3) is 7.07. The number of methoxy groups -OCH3 is 1. The van der Waals surface area contributed by atoms with Crippen molar-refractivity contribution < 1.29 is 27.8 Å². The van der Waals surface area contributed by atoms with Crippen LogP contribution < -0.4 is 10.1 Å². The predicted molar refractivity (Wildman–Crippen MR) is 99.6 cm³/mol. The first kappa shape index (κ1) is 21.0. The van der Waals surface area contributed by atoms with Crippen LogP contribution in [-0.4, -0.2) is 31.4 Å². The SMILES string of the molecule is COc1ccc(Cl)cc1CC(=O)OCC(=O)Nc1ccc(SC(F)F)cc1. The van der Waals surface area contributed by atoms with E-state index in [1.165, 1.54) is 31.4 Å². The summed E-state index contributed by atoms with van der Waals surface area (Å²) in [5, 5.41) is 2.96. The van der Waals surface area contributed by atoms with E-state index >= 15 is 0 Å². The molecule has 0 aliphatic heterocycles. The zero-order valence-corrected chi connectivity index (χ0v) is 15.8. The lowest BCUT2D eigenvalue weighted by Gasteiger charge is -2.10. The molecule has 2 aromatic rings. The zero-order chi connectivity index (χ0) is 19.8. The molecular weight excluding hydrogens is 400 g/mol. The molecule has 0 saturated carbocycles. The maximum Gasteiger partial charge on any atom is 0.310 e. The van der Waals surface area contributed by atoms with E-state index in [0.29, 0.717) is 38.7 Å². The number of thioether (sulfide) groups is 1. The van der Waals surface area contributed by atoms with Crippen LogP contribution in [0.3, 0.4) is 0 Å². The largest absolute Gasteiger partial charge is 0.496 e. The minimum atomic E-state index is -2.51. The monoisotopic (exact) mass is 415 g/mol. The topological polar surface area (TPSA) is 64.6 Å². The molecule has 0 aliphatic rings. The summed E-state index contributed by atoms with van der Waals surface area (Å²) in [7, 11) is 1.47. The number of hydrogen-bond donors (Lipinski definition) is 1. The first-order chi connectivity index (χ1) is 12.9. The third-order valence-corrected chi connectivity index (χ3v) is 4.26. The summed E-state index contributed by atoms with van der Waals surface area (Å²) in [6.45, 7) is -0.477. The Morgan fingerprint density at radius 1 is 1.19 bits per heavy atom. The van der Waals surface area contributed by atoms with Crippen molar-refractivity contribution >= 4 is 40.9 Å².